The number of anilines is 1. The van der Waals surface area contributed by atoms with E-state index in [4.69, 9.17) is 9.47 Å². The third-order valence-electron chi connectivity index (χ3n) is 5.67. The molecule has 4 unspecified atom stereocenters. The van der Waals surface area contributed by atoms with Gasteiger partial charge in [-0.15, -0.1) is 6.58 Å². The van der Waals surface area contributed by atoms with Gasteiger partial charge in [-0.1, -0.05) is 24.3 Å². The number of rotatable bonds is 3. The third-order valence-corrected chi connectivity index (χ3v) is 5.67. The maximum absolute atomic E-state index is 13.0. The Morgan fingerprint density at radius 1 is 1.39 bits per heavy atom. The number of fused-ring (bicyclic) bond motifs is 2. The number of amides is 1. The van der Waals surface area contributed by atoms with Crippen LogP contribution in [0.4, 0.5) is 5.69 Å². The minimum absolute atomic E-state index is 0.0272. The first-order chi connectivity index (χ1) is 13.6. The van der Waals surface area contributed by atoms with Crippen molar-refractivity contribution in [2.24, 2.45) is 5.92 Å². The highest BCUT2D eigenvalue weighted by molar-refractivity contribution is 5.77. The molecule has 1 amide bonds. The van der Waals surface area contributed by atoms with Crippen LogP contribution in [0.3, 0.4) is 0 Å². The van der Waals surface area contributed by atoms with Gasteiger partial charge in [-0.3, -0.25) is 4.79 Å². The Bertz CT molecular complexity index is 894. The molecule has 3 heterocycles. The lowest BCUT2D eigenvalue weighted by Gasteiger charge is -2.45. The zero-order chi connectivity index (χ0) is 19.8. The van der Waals surface area contributed by atoms with Gasteiger partial charge in [0.1, 0.15) is 5.75 Å². The molecule has 2 aliphatic rings. The maximum Gasteiger partial charge on any atom is 0.220 e. The molecule has 7 heteroatoms. The van der Waals surface area contributed by atoms with Gasteiger partial charge in [-0.05, 0) is 6.07 Å². The number of benzene rings is 1. The van der Waals surface area contributed by atoms with Crippen molar-refractivity contribution in [1.82, 2.24) is 9.88 Å². The second-order valence-corrected chi connectivity index (χ2v) is 7.21. The number of para-hydroxylation sites is 1. The summed E-state index contributed by atoms with van der Waals surface area (Å²) in [5, 5.41) is 14.1. The number of aromatic hydroxyl groups is 1. The molecule has 0 radical (unpaired) electrons. The topological polar surface area (TPSA) is 86.8 Å². The van der Waals surface area contributed by atoms with Gasteiger partial charge in [0.05, 0.1) is 49.7 Å². The lowest BCUT2D eigenvalue weighted by atomic mass is 9.88. The summed E-state index contributed by atoms with van der Waals surface area (Å²) >= 11 is 0. The number of carbonyl (C=O) groups is 1. The molecular formula is C21H25N3O4. The van der Waals surface area contributed by atoms with E-state index < -0.39 is 6.04 Å². The highest BCUT2D eigenvalue weighted by Crippen LogP contribution is 2.47. The molecule has 0 saturated carbocycles. The van der Waals surface area contributed by atoms with Gasteiger partial charge in [0.15, 0.2) is 5.88 Å². The van der Waals surface area contributed by atoms with Crippen LogP contribution in [0, 0.1) is 5.92 Å². The summed E-state index contributed by atoms with van der Waals surface area (Å²) in [5.74, 6) is 0.558. The highest BCUT2D eigenvalue weighted by atomic mass is 16.5. The number of hydrogen-bond donors (Lipinski definition) is 3. The quantitative estimate of drug-likeness (QED) is 0.710. The van der Waals surface area contributed by atoms with Gasteiger partial charge in [-0.2, -0.15) is 0 Å². The lowest BCUT2D eigenvalue weighted by molar-refractivity contribution is -0.137. The third kappa shape index (κ3) is 2.82. The number of ether oxygens (including phenoxy) is 2. The number of methoxy groups -OCH3 is 1. The van der Waals surface area contributed by atoms with Gasteiger partial charge >= 0.3 is 0 Å². The van der Waals surface area contributed by atoms with Crippen LogP contribution in [0.15, 0.2) is 43.1 Å². The molecule has 4 atom stereocenters. The van der Waals surface area contributed by atoms with Gasteiger partial charge in [-0.25, -0.2) is 0 Å². The highest BCUT2D eigenvalue weighted by Gasteiger charge is 2.46. The summed E-state index contributed by atoms with van der Waals surface area (Å²) in [6, 6.07) is 6.76. The van der Waals surface area contributed by atoms with E-state index in [1.807, 2.05) is 35.2 Å². The van der Waals surface area contributed by atoms with Crippen LogP contribution in [0.5, 0.6) is 11.6 Å². The molecule has 7 nitrogen and oxygen atoms in total. The first-order valence-corrected chi connectivity index (χ1v) is 9.35. The summed E-state index contributed by atoms with van der Waals surface area (Å²) in [6.45, 7) is 6.48. The largest absolute Gasteiger partial charge is 0.496 e. The molecule has 0 spiro atoms. The Labute approximate surface area is 164 Å². The van der Waals surface area contributed by atoms with Crippen molar-refractivity contribution in [1.29, 1.82) is 0 Å². The Balaban J connectivity index is 1.97. The van der Waals surface area contributed by atoms with E-state index in [9.17, 15) is 9.90 Å². The molecule has 4 rings (SSSR count). The number of aromatic amines is 1. The normalized spacial score (nSPS) is 26.4. The van der Waals surface area contributed by atoms with Crippen molar-refractivity contribution in [3.8, 4) is 11.6 Å². The van der Waals surface area contributed by atoms with Crippen molar-refractivity contribution >= 4 is 11.6 Å². The second kappa shape index (κ2) is 7.24. The second-order valence-electron chi connectivity index (χ2n) is 7.21. The van der Waals surface area contributed by atoms with Crippen molar-refractivity contribution in [3.63, 3.8) is 0 Å². The van der Waals surface area contributed by atoms with E-state index >= 15 is 0 Å². The Kier molecular flexibility index (Phi) is 4.77. The van der Waals surface area contributed by atoms with Crippen molar-refractivity contribution in [2.45, 2.75) is 25.0 Å². The number of hydrogen-bond acceptors (Lipinski definition) is 5. The molecule has 2 aromatic rings. The summed E-state index contributed by atoms with van der Waals surface area (Å²) < 4.78 is 11.4. The molecule has 2 aliphatic heterocycles. The summed E-state index contributed by atoms with van der Waals surface area (Å²) in [6.07, 6.45) is 3.57. The predicted octanol–water partition coefficient (Wildman–Crippen LogP) is 2.66. The van der Waals surface area contributed by atoms with Gasteiger partial charge in [0, 0.05) is 24.6 Å². The van der Waals surface area contributed by atoms with Crippen LogP contribution < -0.4 is 10.1 Å². The monoisotopic (exact) mass is 383 g/mol. The molecule has 1 aromatic carbocycles. The van der Waals surface area contributed by atoms with Crippen molar-refractivity contribution in [3.05, 3.63) is 54.2 Å². The molecule has 3 N–H and O–H groups in total. The summed E-state index contributed by atoms with van der Waals surface area (Å²) in [4.78, 5) is 17.7. The minimum atomic E-state index is -0.516. The predicted molar refractivity (Wildman–Crippen MR) is 106 cm³/mol. The van der Waals surface area contributed by atoms with Gasteiger partial charge in [0.25, 0.3) is 0 Å². The molecular weight excluding hydrogens is 358 g/mol. The minimum Gasteiger partial charge on any atom is -0.496 e. The van der Waals surface area contributed by atoms with Gasteiger partial charge < -0.3 is 29.8 Å². The Morgan fingerprint density at radius 3 is 2.89 bits per heavy atom. The van der Waals surface area contributed by atoms with Crippen LogP contribution in [-0.2, 0) is 9.53 Å². The number of aromatic nitrogens is 1. The van der Waals surface area contributed by atoms with Crippen LogP contribution in [0.2, 0.25) is 0 Å². The first-order valence-electron chi connectivity index (χ1n) is 9.35. The fourth-order valence-corrected chi connectivity index (χ4v) is 4.48. The number of nitrogens with one attached hydrogen (secondary N) is 2. The van der Waals surface area contributed by atoms with E-state index in [-0.39, 0.29) is 29.8 Å². The van der Waals surface area contributed by atoms with Crippen molar-refractivity contribution < 1.29 is 19.4 Å². The molecule has 0 aliphatic carbocycles. The van der Waals surface area contributed by atoms with Crippen LogP contribution in [0.1, 0.15) is 24.1 Å². The zero-order valence-corrected chi connectivity index (χ0v) is 16.0. The zero-order valence-electron chi connectivity index (χ0n) is 16.0. The number of nitrogens with zero attached hydrogens (tertiary/aromatic N) is 1. The SMILES string of the molecule is C=CC1COCC2Nc3c[nH]c(O)c3C(c3ccccc3OC)N(C(C)=O)C12. The van der Waals surface area contributed by atoms with Crippen LogP contribution in [-0.4, -0.2) is 53.3 Å². The smallest absolute Gasteiger partial charge is 0.220 e. The fourth-order valence-electron chi connectivity index (χ4n) is 4.48. The molecule has 1 fully saturated rings. The average Bonchev–Trinajstić information content (AvgIpc) is 2.97. The van der Waals surface area contributed by atoms with Gasteiger partial charge in [0.2, 0.25) is 5.91 Å². The lowest BCUT2D eigenvalue weighted by Crippen LogP contribution is -2.57. The molecule has 28 heavy (non-hydrogen) atoms. The average molecular weight is 383 g/mol. The van der Waals surface area contributed by atoms with Crippen molar-refractivity contribution in [2.75, 3.05) is 25.6 Å². The molecule has 1 aromatic heterocycles. The first kappa shape index (κ1) is 18.4. The van der Waals surface area contributed by atoms with Crippen LogP contribution >= 0.6 is 0 Å². The maximum atomic E-state index is 13.0. The van der Waals surface area contributed by atoms with E-state index in [0.717, 1.165) is 11.3 Å². The van der Waals surface area contributed by atoms with E-state index in [2.05, 4.69) is 16.9 Å². The molecule has 1 saturated heterocycles. The fraction of sp³-hybridized carbons (Fsp3) is 0.381. The Hall–Kier alpha value is -2.93. The molecule has 0 bridgehead atoms. The van der Waals surface area contributed by atoms with E-state index in [0.29, 0.717) is 24.5 Å². The van der Waals surface area contributed by atoms with E-state index in [1.165, 1.54) is 0 Å². The van der Waals surface area contributed by atoms with E-state index in [1.54, 1.807) is 20.2 Å². The number of H-pyrrole nitrogens is 1. The summed E-state index contributed by atoms with van der Waals surface area (Å²) in [7, 11) is 1.60. The standard InChI is InChI=1S/C21H25N3O4/c1-4-13-10-28-11-16-19(13)24(12(2)25)20(14-7-5-6-8-17(14)27-3)18-15(23-16)9-22-21(18)26/h4-9,13,16,19-20,22-23,26H,1,10-11H2,2-3H3. The molecule has 148 valence electrons. The Morgan fingerprint density at radius 2 is 2.18 bits per heavy atom. The summed E-state index contributed by atoms with van der Waals surface area (Å²) in [5.41, 5.74) is 2.19. The van der Waals surface area contributed by atoms with Crippen LogP contribution in [0.25, 0.3) is 0 Å². The number of carbonyl (C=O) groups excluding carboxylic acids is 1.